The van der Waals surface area contributed by atoms with Gasteiger partial charge in [0.2, 0.25) is 5.82 Å². The van der Waals surface area contributed by atoms with Crippen molar-refractivity contribution in [1.29, 1.82) is 0 Å². The molecule has 2 aliphatic heterocycles. The minimum Gasteiger partial charge on any atom is -0.497 e. The van der Waals surface area contributed by atoms with Crippen molar-refractivity contribution in [2.75, 3.05) is 32.6 Å². The minimum atomic E-state index is -0.236. The van der Waals surface area contributed by atoms with Crippen LogP contribution in [-0.4, -0.2) is 52.9 Å². The Balaban J connectivity index is 1.24. The van der Waals surface area contributed by atoms with Crippen LogP contribution in [0.3, 0.4) is 0 Å². The Bertz CT molecular complexity index is 1090. The third kappa shape index (κ3) is 4.05. The van der Waals surface area contributed by atoms with Crippen LogP contribution in [0.15, 0.2) is 48.5 Å². The Labute approximate surface area is 187 Å². The lowest BCUT2D eigenvalue weighted by atomic mass is 9.89. The third-order valence-corrected chi connectivity index (χ3v) is 6.46. The van der Waals surface area contributed by atoms with Crippen LogP contribution in [-0.2, 0) is 19.5 Å². The fraction of sp³-hybridized carbons (Fsp3) is 0.375. The topological polar surface area (TPSA) is 81.5 Å². The van der Waals surface area contributed by atoms with Gasteiger partial charge in [-0.2, -0.15) is 0 Å². The number of ether oxygens (including phenoxy) is 2. The maximum Gasteiger partial charge on any atom is 0.293 e. The molecule has 2 atom stereocenters. The van der Waals surface area contributed by atoms with Crippen LogP contribution in [0.4, 0.5) is 5.69 Å². The van der Waals surface area contributed by atoms with E-state index >= 15 is 0 Å². The number of benzene rings is 2. The highest BCUT2D eigenvalue weighted by Gasteiger charge is 2.39. The lowest BCUT2D eigenvalue weighted by Gasteiger charge is -2.25. The first-order valence-corrected chi connectivity index (χ1v) is 10.9. The van der Waals surface area contributed by atoms with Gasteiger partial charge in [0.15, 0.2) is 0 Å². The molecular formula is C24H27N5O3. The number of fused-ring (bicyclic) bond motifs is 2. The van der Waals surface area contributed by atoms with Gasteiger partial charge in [0, 0.05) is 38.3 Å². The molecule has 1 saturated heterocycles. The minimum absolute atomic E-state index is 0.236. The highest BCUT2D eigenvalue weighted by atomic mass is 16.5. The van der Waals surface area contributed by atoms with E-state index in [1.807, 2.05) is 41.0 Å². The summed E-state index contributed by atoms with van der Waals surface area (Å²) in [6, 6.07) is 15.5. The lowest BCUT2D eigenvalue weighted by molar-refractivity contribution is 0.100. The molecule has 1 N–H and O–H groups in total. The first-order chi connectivity index (χ1) is 15.6. The number of hydrogen-bond acceptors (Lipinski definition) is 6. The number of nitrogens with one attached hydrogen (secondary N) is 1. The van der Waals surface area contributed by atoms with Gasteiger partial charge in [-0.15, -0.1) is 10.2 Å². The Hall–Kier alpha value is -3.39. The molecule has 8 nitrogen and oxygen atoms in total. The number of nitrogens with zero attached hydrogens (tertiary/aromatic N) is 4. The van der Waals surface area contributed by atoms with Gasteiger partial charge in [0.1, 0.15) is 17.3 Å². The zero-order valence-electron chi connectivity index (χ0n) is 18.3. The zero-order chi connectivity index (χ0) is 22.1. The van der Waals surface area contributed by atoms with Gasteiger partial charge in [-0.1, -0.05) is 12.1 Å². The van der Waals surface area contributed by atoms with Gasteiger partial charge in [-0.3, -0.25) is 9.69 Å². The van der Waals surface area contributed by atoms with Crippen LogP contribution in [0.5, 0.6) is 11.5 Å². The quantitative estimate of drug-likeness (QED) is 0.644. The molecule has 1 aromatic heterocycles. The fourth-order valence-electron chi connectivity index (χ4n) is 4.77. The Morgan fingerprint density at radius 2 is 1.59 bits per heavy atom. The SMILES string of the molecule is COc1ccc(CN2CC3Cc4nnc(C(=O)Nc5ccc(OC)cc5)n4CC3C2)cc1. The van der Waals surface area contributed by atoms with Crippen molar-refractivity contribution < 1.29 is 14.3 Å². The van der Waals surface area contributed by atoms with Crippen LogP contribution in [0, 0.1) is 11.8 Å². The summed E-state index contributed by atoms with van der Waals surface area (Å²) in [5, 5.41) is 11.5. The van der Waals surface area contributed by atoms with Crippen LogP contribution >= 0.6 is 0 Å². The Kier molecular flexibility index (Phi) is 5.53. The summed E-state index contributed by atoms with van der Waals surface area (Å²) >= 11 is 0. The van der Waals surface area contributed by atoms with E-state index in [0.29, 0.717) is 23.3 Å². The highest BCUT2D eigenvalue weighted by molar-refractivity contribution is 6.01. The molecule has 0 aliphatic carbocycles. The molecule has 0 bridgehead atoms. The summed E-state index contributed by atoms with van der Waals surface area (Å²) < 4.78 is 12.4. The van der Waals surface area contributed by atoms with E-state index in [9.17, 15) is 4.79 Å². The molecule has 32 heavy (non-hydrogen) atoms. The number of carbonyl (C=O) groups is 1. The number of carbonyl (C=O) groups excluding carboxylic acids is 1. The average Bonchev–Trinajstić information content (AvgIpc) is 3.41. The fourth-order valence-corrected chi connectivity index (χ4v) is 4.77. The maximum absolute atomic E-state index is 12.9. The summed E-state index contributed by atoms with van der Waals surface area (Å²) in [6.45, 7) is 3.74. The predicted octanol–water partition coefficient (Wildman–Crippen LogP) is 2.85. The van der Waals surface area contributed by atoms with Gasteiger partial charge >= 0.3 is 0 Å². The molecular weight excluding hydrogens is 406 g/mol. The molecule has 5 rings (SSSR count). The molecule has 3 aromatic rings. The van der Waals surface area contributed by atoms with Gasteiger partial charge in [0.25, 0.3) is 5.91 Å². The molecule has 3 heterocycles. The van der Waals surface area contributed by atoms with E-state index in [1.54, 1.807) is 14.2 Å². The van der Waals surface area contributed by atoms with Gasteiger partial charge in [0.05, 0.1) is 14.2 Å². The summed E-state index contributed by atoms with van der Waals surface area (Å²) in [6.07, 6.45) is 0.854. The number of hydrogen-bond donors (Lipinski definition) is 1. The molecule has 0 saturated carbocycles. The normalized spacial score (nSPS) is 19.8. The van der Waals surface area contributed by atoms with E-state index in [0.717, 1.165) is 49.9 Å². The highest BCUT2D eigenvalue weighted by Crippen LogP contribution is 2.33. The van der Waals surface area contributed by atoms with Crippen molar-refractivity contribution in [2.45, 2.75) is 19.5 Å². The second kappa shape index (κ2) is 8.63. The van der Waals surface area contributed by atoms with Gasteiger partial charge < -0.3 is 19.4 Å². The molecule has 2 aliphatic rings. The zero-order valence-corrected chi connectivity index (χ0v) is 18.3. The molecule has 2 unspecified atom stereocenters. The summed E-state index contributed by atoms with van der Waals surface area (Å²) in [4.78, 5) is 15.4. The van der Waals surface area contributed by atoms with Crippen LogP contribution in [0.25, 0.3) is 0 Å². The van der Waals surface area contributed by atoms with Gasteiger partial charge in [-0.05, 0) is 53.8 Å². The predicted molar refractivity (Wildman–Crippen MR) is 120 cm³/mol. The molecule has 8 heteroatoms. The number of methoxy groups -OCH3 is 2. The number of amides is 1. The number of aromatic nitrogens is 3. The molecule has 0 radical (unpaired) electrons. The first kappa shape index (κ1) is 20.5. The van der Waals surface area contributed by atoms with Crippen molar-refractivity contribution in [2.24, 2.45) is 11.8 Å². The van der Waals surface area contributed by atoms with Crippen molar-refractivity contribution in [1.82, 2.24) is 19.7 Å². The van der Waals surface area contributed by atoms with Crippen molar-refractivity contribution in [3.63, 3.8) is 0 Å². The van der Waals surface area contributed by atoms with E-state index in [1.165, 1.54) is 5.56 Å². The smallest absolute Gasteiger partial charge is 0.293 e. The van der Waals surface area contributed by atoms with Crippen LogP contribution < -0.4 is 14.8 Å². The van der Waals surface area contributed by atoms with E-state index in [4.69, 9.17) is 9.47 Å². The first-order valence-electron chi connectivity index (χ1n) is 10.9. The van der Waals surface area contributed by atoms with E-state index in [-0.39, 0.29) is 5.91 Å². The Morgan fingerprint density at radius 3 is 2.28 bits per heavy atom. The standard InChI is InChI=1S/C24H27N5O3/c1-31-20-7-3-16(4-8-20)12-28-13-17-11-22-26-27-23(29(22)15-18(17)14-28)24(30)25-19-5-9-21(32-2)10-6-19/h3-10,17-18H,11-15H2,1-2H3,(H,25,30). The summed E-state index contributed by atoms with van der Waals surface area (Å²) in [5.41, 5.74) is 1.98. The van der Waals surface area contributed by atoms with Crippen molar-refractivity contribution >= 4 is 11.6 Å². The van der Waals surface area contributed by atoms with Crippen LogP contribution in [0.2, 0.25) is 0 Å². The summed E-state index contributed by atoms with van der Waals surface area (Å²) in [7, 11) is 3.30. The maximum atomic E-state index is 12.9. The third-order valence-electron chi connectivity index (χ3n) is 6.46. The molecule has 1 amide bonds. The lowest BCUT2D eigenvalue weighted by Crippen LogP contribution is -2.31. The Morgan fingerprint density at radius 1 is 0.938 bits per heavy atom. The van der Waals surface area contributed by atoms with E-state index in [2.05, 4.69) is 32.5 Å². The average molecular weight is 434 g/mol. The number of rotatable bonds is 6. The largest absolute Gasteiger partial charge is 0.497 e. The molecule has 2 aromatic carbocycles. The monoisotopic (exact) mass is 433 g/mol. The van der Waals surface area contributed by atoms with Crippen LogP contribution in [0.1, 0.15) is 22.0 Å². The molecule has 0 spiro atoms. The van der Waals surface area contributed by atoms with Gasteiger partial charge in [-0.25, -0.2) is 0 Å². The molecule has 1 fully saturated rings. The number of anilines is 1. The number of likely N-dealkylation sites (tertiary alicyclic amines) is 1. The second-order valence-corrected chi connectivity index (χ2v) is 8.50. The van der Waals surface area contributed by atoms with Crippen molar-refractivity contribution in [3.05, 3.63) is 65.7 Å². The summed E-state index contributed by atoms with van der Waals surface area (Å²) in [5.74, 6) is 3.70. The van der Waals surface area contributed by atoms with E-state index < -0.39 is 0 Å². The molecule has 166 valence electrons. The van der Waals surface area contributed by atoms with Crippen molar-refractivity contribution in [3.8, 4) is 11.5 Å². The second-order valence-electron chi connectivity index (χ2n) is 8.50.